The Bertz CT molecular complexity index is 5790. The van der Waals surface area contributed by atoms with Gasteiger partial charge in [0.05, 0.1) is 22.7 Å². The van der Waals surface area contributed by atoms with Gasteiger partial charge in [0.25, 0.3) is 13.4 Å². The van der Waals surface area contributed by atoms with Crippen molar-refractivity contribution in [3.63, 3.8) is 0 Å². The van der Waals surface area contributed by atoms with Crippen LogP contribution >= 0.6 is 0 Å². The van der Waals surface area contributed by atoms with Crippen LogP contribution in [0.4, 0.5) is 68.2 Å². The number of furan rings is 2. The minimum atomic E-state index is -0.187. The third-order valence-electron chi connectivity index (χ3n) is 31.4. The normalized spacial score (nSPS) is 20.7. The zero-order valence-electron chi connectivity index (χ0n) is 78.8. The van der Waals surface area contributed by atoms with Crippen LogP contribution in [-0.2, 0) is 70.4 Å². The van der Waals surface area contributed by atoms with E-state index < -0.39 is 0 Å². The lowest BCUT2D eigenvalue weighted by molar-refractivity contribution is 0.282. The summed E-state index contributed by atoms with van der Waals surface area (Å²) < 4.78 is 16.1. The number of anilines is 12. The van der Waals surface area contributed by atoms with E-state index in [1.807, 2.05) is 0 Å². The maximum absolute atomic E-state index is 8.10. The SMILES string of the molecule is CC(CCC1(C)CCC(C)(C)c2cc3c(cc21)B1c2oc4c(c2N(c2ccc(C(C)(C)C)cc2)c2cc(C(C)(C)C)cc(c21)N3c1ccc(C(C)(C)C)cc1)C(C)(C)CCC4(C)C)c1cc2c3c(c1)N(c1ccc(C(C)(C)C)cc1)c1c(oc4c1C(C)(C)CCC4(C)C)B3c1cc3c(cc1N2c1ccc(C(C)(C)C)cc1)C(C)(C)CCC3(C)C. The Morgan fingerprint density at radius 2 is 0.597 bits per heavy atom. The van der Waals surface area contributed by atoms with Gasteiger partial charge < -0.3 is 28.4 Å². The van der Waals surface area contributed by atoms with E-state index in [1.165, 1.54) is 157 Å². The fourth-order valence-corrected chi connectivity index (χ4v) is 22.8. The van der Waals surface area contributed by atoms with E-state index >= 15 is 0 Å². The Balaban J connectivity index is 0.858. The summed E-state index contributed by atoms with van der Waals surface area (Å²) in [5, 5.41) is 0. The number of benzene rings is 8. The first-order chi connectivity index (χ1) is 55.1. The van der Waals surface area contributed by atoms with Gasteiger partial charge in [-0.3, -0.25) is 0 Å². The summed E-state index contributed by atoms with van der Waals surface area (Å²) in [6.45, 7) is 75.3. The fraction of sp³-hybridized carbons (Fsp3) is 0.495. The van der Waals surface area contributed by atoms with Crippen LogP contribution in [0, 0.1) is 0 Å². The lowest BCUT2D eigenvalue weighted by Gasteiger charge is -2.48. The molecule has 6 nitrogen and oxygen atoms in total. The highest BCUT2D eigenvalue weighted by atomic mass is 16.3. The first-order valence-corrected chi connectivity index (χ1v) is 45.8. The number of nitrogens with zero attached hydrogens (tertiary/aromatic N) is 4. The molecule has 0 radical (unpaired) electrons. The van der Waals surface area contributed by atoms with Crippen molar-refractivity contribution >= 4 is 115 Å². The molecule has 0 amide bonds. The number of fused-ring (bicyclic) bond motifs is 14. The molecular formula is C111H138B2N4O2. The van der Waals surface area contributed by atoms with Gasteiger partial charge in [-0.15, -0.1) is 0 Å². The smallest absolute Gasteiger partial charge is 0.297 e. The van der Waals surface area contributed by atoms with Crippen molar-refractivity contribution in [2.24, 2.45) is 0 Å². The molecule has 10 aromatic rings. The molecule has 6 heterocycles. The highest BCUT2D eigenvalue weighted by Gasteiger charge is 2.57. The average Bonchev–Trinajstić information content (AvgIpc) is 1.63. The van der Waals surface area contributed by atoms with E-state index in [-0.39, 0.29) is 89.7 Å². The monoisotopic (exact) mass is 1580 g/mol. The van der Waals surface area contributed by atoms with E-state index in [0.29, 0.717) is 0 Å². The third-order valence-corrected chi connectivity index (χ3v) is 31.4. The molecule has 2 atom stereocenters. The molecule has 0 spiro atoms. The molecule has 18 rings (SSSR count). The topological polar surface area (TPSA) is 39.2 Å². The molecule has 0 N–H and O–H groups in total. The standard InChI is InChI=1S/C111H138B2N4O2/c1-66(67-58-85-91-86(59-67)116(75-44-36-70(37-45-75)101(8,9)10)93-89-95(109(27,28)54-52-107(89,23)24)118-97(93)112(91)81-62-77-78(105(19,20)51-50-104(77,17)18)64-83(81)114(85)73-40-32-68(33-41-73)99(2,3)4)48-49-111(31)57-56-106(21,22)79-65-84-82(63-80(79)111)113-92-87(115(84)74-42-34-69(35-43-74)100(5,6)7)60-72(103(14,15)16)61-88(92)117(76-46-38-71(39-47-76)102(11,12)13)94-90-96(119-98(94)113)110(29,30)55-53-108(90,25)26/h32-47,58-66H,48-57H2,1-31H3. The zero-order chi connectivity index (χ0) is 85.5. The molecule has 0 saturated heterocycles. The molecule has 0 fully saturated rings. The predicted molar refractivity (Wildman–Crippen MR) is 512 cm³/mol. The Labute approximate surface area is 717 Å². The van der Waals surface area contributed by atoms with Crippen LogP contribution in [0.3, 0.4) is 0 Å². The molecule has 8 heteroatoms. The largest absolute Gasteiger partial charge is 0.472 e. The van der Waals surface area contributed by atoms with Crippen LogP contribution in [0.25, 0.3) is 0 Å². The lowest BCUT2D eigenvalue weighted by Crippen LogP contribution is -2.61. The molecule has 2 aromatic heterocycles. The Morgan fingerprint density at radius 3 is 0.958 bits per heavy atom. The van der Waals surface area contributed by atoms with E-state index in [0.717, 1.165) is 87.0 Å². The molecule has 4 aliphatic carbocycles. The summed E-state index contributed by atoms with van der Waals surface area (Å²) in [4.78, 5) is 10.8. The summed E-state index contributed by atoms with van der Waals surface area (Å²) >= 11 is 0. The third kappa shape index (κ3) is 12.8. The number of hydrogen-bond acceptors (Lipinski definition) is 6. The van der Waals surface area contributed by atoms with Crippen LogP contribution in [0.15, 0.2) is 154 Å². The van der Waals surface area contributed by atoms with Crippen LogP contribution in [0.5, 0.6) is 0 Å². The average molecular weight is 1580 g/mol. The van der Waals surface area contributed by atoms with Crippen molar-refractivity contribution in [1.29, 1.82) is 0 Å². The minimum Gasteiger partial charge on any atom is -0.472 e. The molecule has 2 unspecified atom stereocenters. The van der Waals surface area contributed by atoms with Crippen LogP contribution in [0.2, 0.25) is 0 Å². The van der Waals surface area contributed by atoms with Crippen molar-refractivity contribution < 1.29 is 8.83 Å². The Kier molecular flexibility index (Phi) is 17.9. The van der Waals surface area contributed by atoms with Gasteiger partial charge in [-0.25, -0.2) is 0 Å². The van der Waals surface area contributed by atoms with Gasteiger partial charge >= 0.3 is 0 Å². The lowest BCUT2D eigenvalue weighted by atomic mass is 9.34. The van der Waals surface area contributed by atoms with Gasteiger partial charge in [0.2, 0.25) is 0 Å². The van der Waals surface area contributed by atoms with Crippen molar-refractivity contribution in [1.82, 2.24) is 0 Å². The highest BCUT2D eigenvalue weighted by Crippen LogP contribution is 2.61. The quantitative estimate of drug-likeness (QED) is 0.141. The maximum Gasteiger partial charge on any atom is 0.297 e. The maximum atomic E-state index is 8.10. The molecule has 0 bridgehead atoms. The zero-order valence-corrected chi connectivity index (χ0v) is 78.8. The fourth-order valence-electron chi connectivity index (χ4n) is 22.8. The van der Waals surface area contributed by atoms with E-state index in [2.05, 4.69) is 380 Å². The van der Waals surface area contributed by atoms with E-state index in [1.54, 1.807) is 0 Å². The molecule has 620 valence electrons. The Morgan fingerprint density at radius 1 is 0.311 bits per heavy atom. The highest BCUT2D eigenvalue weighted by molar-refractivity contribution is 7.00. The van der Waals surface area contributed by atoms with Gasteiger partial charge in [0, 0.05) is 78.8 Å². The van der Waals surface area contributed by atoms with Crippen LogP contribution in [-0.4, -0.2) is 13.4 Å². The molecular weight excluding hydrogens is 1440 g/mol. The summed E-state index contributed by atoms with van der Waals surface area (Å²) in [7, 11) is 0. The van der Waals surface area contributed by atoms with Gasteiger partial charge in [0.1, 0.15) is 11.5 Å². The van der Waals surface area contributed by atoms with Crippen molar-refractivity contribution in [2.45, 2.75) is 355 Å². The molecule has 0 saturated carbocycles. The second-order valence-corrected chi connectivity index (χ2v) is 48.7. The van der Waals surface area contributed by atoms with Crippen LogP contribution < -0.4 is 52.8 Å². The molecule has 4 aliphatic heterocycles. The van der Waals surface area contributed by atoms with E-state index in [4.69, 9.17) is 8.83 Å². The summed E-state index contributed by atoms with van der Waals surface area (Å²) in [6, 6.07) is 60.2. The molecule has 8 aliphatic rings. The Hall–Kier alpha value is -8.35. The van der Waals surface area contributed by atoms with E-state index in [9.17, 15) is 0 Å². The van der Waals surface area contributed by atoms with Gasteiger partial charge in [-0.1, -0.05) is 275 Å². The van der Waals surface area contributed by atoms with Gasteiger partial charge in [0.15, 0.2) is 0 Å². The van der Waals surface area contributed by atoms with Crippen molar-refractivity contribution in [3.8, 4) is 0 Å². The number of hydrogen-bond donors (Lipinski definition) is 0. The molecule has 119 heavy (non-hydrogen) atoms. The van der Waals surface area contributed by atoms with Crippen molar-refractivity contribution in [3.05, 3.63) is 224 Å². The predicted octanol–water partition coefficient (Wildman–Crippen LogP) is 27.5. The second kappa shape index (κ2) is 26.1. The first-order valence-electron chi connectivity index (χ1n) is 45.8. The van der Waals surface area contributed by atoms with Crippen molar-refractivity contribution in [2.75, 3.05) is 19.6 Å². The number of rotatable bonds is 8. The first kappa shape index (κ1) is 81.6. The summed E-state index contributed by atoms with van der Waals surface area (Å²) in [5.74, 6) is 2.49. The van der Waals surface area contributed by atoms with Crippen LogP contribution in [0.1, 0.15) is 363 Å². The second-order valence-electron chi connectivity index (χ2n) is 48.7. The summed E-state index contributed by atoms with van der Waals surface area (Å²) in [5.41, 5.74) is 37.9. The summed E-state index contributed by atoms with van der Waals surface area (Å²) in [6.07, 6.45) is 10.7. The molecule has 8 aromatic carbocycles. The minimum absolute atomic E-state index is 0.00929. The van der Waals surface area contributed by atoms with Gasteiger partial charge in [-0.2, -0.15) is 0 Å². The van der Waals surface area contributed by atoms with Gasteiger partial charge in [-0.05, 0) is 292 Å².